The highest BCUT2D eigenvalue weighted by atomic mass is 32.2. The first kappa shape index (κ1) is 19.3. The molecule has 27 heavy (non-hydrogen) atoms. The lowest BCUT2D eigenvalue weighted by Crippen LogP contribution is -2.08. The maximum Gasteiger partial charge on any atom is 0.417 e. The molecule has 144 valence electrons. The first-order chi connectivity index (χ1) is 12.7. The topological polar surface area (TPSA) is 64.8 Å². The van der Waals surface area contributed by atoms with Gasteiger partial charge < -0.3 is 4.57 Å². The van der Waals surface area contributed by atoms with E-state index in [0.717, 1.165) is 12.3 Å². The molecule has 0 aliphatic rings. The average molecular weight is 397 g/mol. The number of sulfone groups is 1. The summed E-state index contributed by atoms with van der Waals surface area (Å²) in [5.74, 6) is 0.209. The van der Waals surface area contributed by atoms with Crippen LogP contribution in [0.3, 0.4) is 0 Å². The van der Waals surface area contributed by atoms with E-state index in [0.29, 0.717) is 30.0 Å². The molecule has 0 saturated carbocycles. The van der Waals surface area contributed by atoms with Gasteiger partial charge in [-0.3, -0.25) is 0 Å². The first-order valence-electron chi connectivity index (χ1n) is 8.44. The third-order valence-electron chi connectivity index (χ3n) is 4.20. The van der Waals surface area contributed by atoms with Gasteiger partial charge in [0.25, 0.3) is 0 Å². The molecule has 0 bridgehead atoms. The summed E-state index contributed by atoms with van der Waals surface area (Å²) in [4.78, 5) is 8.38. The molecule has 0 radical (unpaired) electrons. The predicted octanol–water partition coefficient (Wildman–Crippen LogP) is 4.32. The van der Waals surface area contributed by atoms with Gasteiger partial charge in [0.2, 0.25) is 0 Å². The van der Waals surface area contributed by atoms with Crippen molar-refractivity contribution in [3.8, 4) is 11.4 Å². The van der Waals surface area contributed by atoms with Crippen molar-refractivity contribution in [3.05, 3.63) is 42.1 Å². The van der Waals surface area contributed by atoms with E-state index in [9.17, 15) is 21.6 Å². The van der Waals surface area contributed by atoms with Crippen molar-refractivity contribution in [1.29, 1.82) is 0 Å². The van der Waals surface area contributed by atoms with Crippen LogP contribution in [0.5, 0.6) is 0 Å². The Morgan fingerprint density at radius 1 is 1.15 bits per heavy atom. The zero-order chi connectivity index (χ0) is 19.8. The van der Waals surface area contributed by atoms with Crippen LogP contribution in [0.15, 0.2) is 41.4 Å². The molecule has 0 N–H and O–H groups in total. The molecule has 1 aromatic carbocycles. The molecule has 2 heterocycles. The number of benzene rings is 1. The molecule has 0 atom stereocenters. The standard InChI is InChI=1S/C18H18F3N3O2S/c1-3-9-24-16(13-7-5-6-8-15(13)27(25,26)4-2)23-14-10-12(18(19,20)21)11-22-17(14)24/h5-8,10-11H,3-4,9H2,1-2H3. The van der Waals surface area contributed by atoms with Crippen molar-refractivity contribution in [3.63, 3.8) is 0 Å². The maximum absolute atomic E-state index is 13.0. The first-order valence-corrected chi connectivity index (χ1v) is 10.1. The number of rotatable bonds is 5. The largest absolute Gasteiger partial charge is 0.417 e. The fourth-order valence-corrected chi connectivity index (χ4v) is 3.98. The lowest BCUT2D eigenvalue weighted by molar-refractivity contribution is -0.137. The minimum atomic E-state index is -4.53. The molecule has 0 aliphatic heterocycles. The second-order valence-electron chi connectivity index (χ2n) is 6.05. The molecule has 9 heteroatoms. The zero-order valence-corrected chi connectivity index (χ0v) is 15.6. The molecular weight excluding hydrogens is 379 g/mol. The molecule has 0 aliphatic carbocycles. The number of hydrogen-bond donors (Lipinski definition) is 0. The number of fused-ring (bicyclic) bond motifs is 1. The number of aryl methyl sites for hydroxylation is 1. The van der Waals surface area contributed by atoms with Crippen molar-refractivity contribution in [2.24, 2.45) is 0 Å². The van der Waals surface area contributed by atoms with Crippen LogP contribution in [0, 0.1) is 0 Å². The van der Waals surface area contributed by atoms with Gasteiger partial charge in [0.1, 0.15) is 11.3 Å². The molecule has 0 unspecified atom stereocenters. The molecule has 5 nitrogen and oxygen atoms in total. The normalized spacial score (nSPS) is 12.6. The number of imidazole rings is 1. The van der Waals surface area contributed by atoms with Crippen molar-refractivity contribution in [1.82, 2.24) is 14.5 Å². The van der Waals surface area contributed by atoms with Crippen molar-refractivity contribution >= 4 is 21.0 Å². The zero-order valence-electron chi connectivity index (χ0n) is 14.8. The van der Waals surface area contributed by atoms with Gasteiger partial charge in [-0.05, 0) is 24.6 Å². The van der Waals surface area contributed by atoms with Gasteiger partial charge in [-0.1, -0.05) is 26.0 Å². The summed E-state index contributed by atoms with van der Waals surface area (Å²) < 4.78 is 65.6. The van der Waals surface area contributed by atoms with E-state index in [2.05, 4.69) is 9.97 Å². The van der Waals surface area contributed by atoms with Crippen LogP contribution in [0.4, 0.5) is 13.2 Å². The molecule has 2 aromatic heterocycles. The Labute approximate surface area is 154 Å². The van der Waals surface area contributed by atoms with Crippen molar-refractivity contribution in [2.45, 2.75) is 37.9 Å². The lowest BCUT2D eigenvalue weighted by Gasteiger charge is -2.11. The Morgan fingerprint density at radius 3 is 2.48 bits per heavy atom. The average Bonchev–Trinajstić information content (AvgIpc) is 2.99. The van der Waals surface area contributed by atoms with Crippen LogP contribution in [-0.2, 0) is 22.6 Å². The van der Waals surface area contributed by atoms with E-state index in [1.165, 1.54) is 13.0 Å². The van der Waals surface area contributed by atoms with Crippen LogP contribution < -0.4 is 0 Å². The summed E-state index contributed by atoms with van der Waals surface area (Å²) in [5, 5.41) is 0. The Hall–Kier alpha value is -2.42. The van der Waals surface area contributed by atoms with Crippen LogP contribution in [0.2, 0.25) is 0 Å². The molecule has 0 amide bonds. The predicted molar refractivity (Wildman–Crippen MR) is 96.0 cm³/mol. The number of pyridine rings is 1. The van der Waals surface area contributed by atoms with Crippen LogP contribution in [-0.4, -0.2) is 28.7 Å². The van der Waals surface area contributed by atoms with Gasteiger partial charge >= 0.3 is 6.18 Å². The summed E-state index contributed by atoms with van der Waals surface area (Å²) in [7, 11) is -3.53. The summed E-state index contributed by atoms with van der Waals surface area (Å²) in [5.41, 5.74) is -0.156. The van der Waals surface area contributed by atoms with Gasteiger partial charge in [0.15, 0.2) is 15.5 Å². The highest BCUT2D eigenvalue weighted by Crippen LogP contribution is 2.33. The minimum absolute atomic E-state index is 0.0805. The Morgan fingerprint density at radius 2 is 1.85 bits per heavy atom. The number of alkyl halides is 3. The highest BCUT2D eigenvalue weighted by molar-refractivity contribution is 7.91. The van der Waals surface area contributed by atoms with Crippen molar-refractivity contribution in [2.75, 3.05) is 5.75 Å². The maximum atomic E-state index is 13.0. The fourth-order valence-electron chi connectivity index (χ4n) is 2.89. The van der Waals surface area contributed by atoms with E-state index >= 15 is 0 Å². The summed E-state index contributed by atoms with van der Waals surface area (Å²) in [6.45, 7) is 3.90. The summed E-state index contributed by atoms with van der Waals surface area (Å²) in [6, 6.07) is 7.32. The Bertz CT molecular complexity index is 1090. The lowest BCUT2D eigenvalue weighted by atomic mass is 10.2. The van der Waals surface area contributed by atoms with Crippen molar-refractivity contribution < 1.29 is 21.6 Å². The van der Waals surface area contributed by atoms with E-state index < -0.39 is 21.6 Å². The summed E-state index contributed by atoms with van der Waals surface area (Å²) >= 11 is 0. The Balaban J connectivity index is 2.31. The highest BCUT2D eigenvalue weighted by Gasteiger charge is 2.32. The monoisotopic (exact) mass is 397 g/mol. The van der Waals surface area contributed by atoms with Crippen LogP contribution in [0.25, 0.3) is 22.6 Å². The van der Waals surface area contributed by atoms with E-state index in [1.807, 2.05) is 6.92 Å². The molecule has 0 spiro atoms. The van der Waals surface area contributed by atoms with Gasteiger partial charge in [-0.15, -0.1) is 0 Å². The van der Waals surface area contributed by atoms with E-state index in [4.69, 9.17) is 0 Å². The number of nitrogens with zero attached hydrogens (tertiary/aromatic N) is 3. The molecule has 0 fully saturated rings. The third kappa shape index (κ3) is 3.55. The van der Waals surface area contributed by atoms with Gasteiger partial charge in [-0.25, -0.2) is 18.4 Å². The van der Waals surface area contributed by atoms with Gasteiger partial charge in [0, 0.05) is 18.3 Å². The number of halogens is 3. The van der Waals surface area contributed by atoms with Crippen LogP contribution >= 0.6 is 0 Å². The Kier molecular flexibility index (Phi) is 4.98. The van der Waals surface area contributed by atoms with Gasteiger partial charge in [0.05, 0.1) is 16.2 Å². The quantitative estimate of drug-likeness (QED) is 0.643. The van der Waals surface area contributed by atoms with Crippen LogP contribution in [0.1, 0.15) is 25.8 Å². The molecular formula is C18H18F3N3O2S. The number of hydrogen-bond acceptors (Lipinski definition) is 4. The second kappa shape index (κ2) is 6.95. The van der Waals surface area contributed by atoms with E-state index in [-0.39, 0.29) is 16.2 Å². The third-order valence-corrected chi connectivity index (χ3v) is 5.99. The summed E-state index contributed by atoms with van der Waals surface area (Å²) in [6.07, 6.45) is -3.07. The molecule has 3 aromatic rings. The second-order valence-corrected chi connectivity index (χ2v) is 8.30. The smallest absolute Gasteiger partial charge is 0.309 e. The fraction of sp³-hybridized carbons (Fsp3) is 0.333. The van der Waals surface area contributed by atoms with E-state index in [1.54, 1.807) is 22.8 Å². The SMILES string of the molecule is CCCn1c(-c2ccccc2S(=O)(=O)CC)nc2cc(C(F)(F)F)cnc21. The van der Waals surface area contributed by atoms with Gasteiger partial charge in [-0.2, -0.15) is 13.2 Å². The molecule has 0 saturated heterocycles. The minimum Gasteiger partial charge on any atom is -0.309 e. The number of aromatic nitrogens is 3. The molecule has 3 rings (SSSR count).